The zero-order chi connectivity index (χ0) is 33.4. The molecule has 0 unspecified atom stereocenters. The Labute approximate surface area is 237 Å². The van der Waals surface area contributed by atoms with Gasteiger partial charge in [0.25, 0.3) is 0 Å². The lowest BCUT2D eigenvalue weighted by molar-refractivity contribution is -0.137. The molecule has 0 bridgehead atoms. The minimum absolute atomic E-state index is 0.222. The summed E-state index contributed by atoms with van der Waals surface area (Å²) in [6.45, 7) is 14.7. The Morgan fingerprint density at radius 3 is 0.600 bits per heavy atom. The quantitative estimate of drug-likeness (QED) is 0.134. The van der Waals surface area contributed by atoms with Gasteiger partial charge in [0.15, 0.2) is 0 Å². The van der Waals surface area contributed by atoms with E-state index in [4.69, 9.17) is 42.1 Å². The predicted molar refractivity (Wildman–Crippen MR) is 151 cm³/mol. The van der Waals surface area contributed by atoms with Crippen LogP contribution in [0.5, 0.6) is 0 Å². The van der Waals surface area contributed by atoms with E-state index >= 15 is 0 Å². The van der Waals surface area contributed by atoms with Gasteiger partial charge in [-0.05, 0) is 0 Å². The summed E-state index contributed by atoms with van der Waals surface area (Å²) < 4.78 is 0. The van der Waals surface area contributed by atoms with E-state index < -0.39 is 35.8 Å². The number of nitrogens with one attached hydrogen (secondary N) is 2. The SMILES string of the molecule is CCC(=O)O.CCC(=O)O.CCC(=O)O.CCC(=O)O.CCC(=O)O.CCC(=O)O.NCCNCCNCCN. The molecule has 0 rings (SSSR count). The highest BCUT2D eigenvalue weighted by atomic mass is 16.4. The highest BCUT2D eigenvalue weighted by Crippen LogP contribution is 1.69. The lowest BCUT2D eigenvalue weighted by Crippen LogP contribution is -2.32. The normalized spacial score (nSPS) is 8.10. The second kappa shape index (κ2) is 52.2. The summed E-state index contributed by atoms with van der Waals surface area (Å²) in [5.74, 6) is -4.47. The maximum Gasteiger partial charge on any atom is 0.303 e. The van der Waals surface area contributed by atoms with E-state index in [-0.39, 0.29) is 38.5 Å². The van der Waals surface area contributed by atoms with Gasteiger partial charge in [-0.1, -0.05) is 41.5 Å². The van der Waals surface area contributed by atoms with E-state index in [0.29, 0.717) is 13.1 Å². The zero-order valence-electron chi connectivity index (χ0n) is 24.8. The van der Waals surface area contributed by atoms with Crippen LogP contribution >= 0.6 is 0 Å². The fourth-order valence-electron chi connectivity index (χ4n) is 0.631. The van der Waals surface area contributed by atoms with Gasteiger partial charge in [0.2, 0.25) is 0 Å². The number of hydrogen-bond acceptors (Lipinski definition) is 10. The maximum absolute atomic E-state index is 9.37. The van der Waals surface area contributed by atoms with Gasteiger partial charge in [0.1, 0.15) is 0 Å². The average Bonchev–Trinajstić information content (AvgIpc) is 2.92. The predicted octanol–water partition coefficient (Wildman–Crippen LogP) is 0.969. The van der Waals surface area contributed by atoms with Crippen molar-refractivity contribution >= 4 is 35.8 Å². The number of nitrogens with two attached hydrogens (primary N) is 2. The molecule has 0 aromatic rings. The summed E-state index contributed by atoms with van der Waals surface area (Å²) in [5.41, 5.74) is 10.5. The van der Waals surface area contributed by atoms with Gasteiger partial charge in [-0.25, -0.2) is 0 Å². The summed E-state index contributed by atoms with van der Waals surface area (Å²) >= 11 is 0. The number of carboxylic acid groups (broad SMARTS) is 6. The van der Waals surface area contributed by atoms with Crippen molar-refractivity contribution in [2.24, 2.45) is 11.5 Å². The van der Waals surface area contributed by atoms with Crippen molar-refractivity contribution in [3.05, 3.63) is 0 Å². The fourth-order valence-corrected chi connectivity index (χ4v) is 0.631. The number of carbonyl (C=O) groups is 6. The third-order valence-corrected chi connectivity index (χ3v) is 2.94. The molecule has 0 spiro atoms. The van der Waals surface area contributed by atoms with Crippen LogP contribution in [-0.4, -0.2) is 106 Å². The van der Waals surface area contributed by atoms with E-state index in [1.807, 2.05) is 0 Å². The molecule has 0 heterocycles. The Balaban J connectivity index is -0.0000000651. The Hall–Kier alpha value is -3.34. The lowest BCUT2D eigenvalue weighted by Gasteiger charge is -2.03. The molecule has 16 nitrogen and oxygen atoms in total. The monoisotopic (exact) mass is 590 g/mol. The molecule has 0 aromatic carbocycles. The summed E-state index contributed by atoms with van der Waals surface area (Å²) in [5, 5.41) is 52.7. The van der Waals surface area contributed by atoms with E-state index in [0.717, 1.165) is 26.2 Å². The molecule has 0 saturated carbocycles. The second-order valence-corrected chi connectivity index (χ2v) is 6.56. The summed E-state index contributed by atoms with van der Waals surface area (Å²) in [6, 6.07) is 0. The van der Waals surface area contributed by atoms with Crippen LogP contribution in [0.2, 0.25) is 0 Å². The molecular formula is C24H54N4O12. The van der Waals surface area contributed by atoms with Crippen molar-refractivity contribution in [1.29, 1.82) is 0 Å². The molecule has 0 aromatic heterocycles. The maximum atomic E-state index is 9.37. The molecule has 40 heavy (non-hydrogen) atoms. The topological polar surface area (TPSA) is 300 Å². The molecule has 12 N–H and O–H groups in total. The van der Waals surface area contributed by atoms with E-state index in [9.17, 15) is 28.8 Å². The molecule has 0 aliphatic rings. The van der Waals surface area contributed by atoms with Crippen molar-refractivity contribution in [2.45, 2.75) is 80.1 Å². The van der Waals surface area contributed by atoms with Crippen LogP contribution in [-0.2, 0) is 28.8 Å². The van der Waals surface area contributed by atoms with Crippen LogP contribution in [0.1, 0.15) is 80.1 Å². The van der Waals surface area contributed by atoms with Gasteiger partial charge < -0.3 is 52.7 Å². The van der Waals surface area contributed by atoms with Crippen LogP contribution < -0.4 is 22.1 Å². The summed E-state index contributed by atoms with van der Waals surface area (Å²) in [6.07, 6.45) is 1.33. The van der Waals surface area contributed by atoms with E-state index in [2.05, 4.69) is 10.6 Å². The number of carboxylic acids is 6. The molecule has 242 valence electrons. The highest BCUT2D eigenvalue weighted by Gasteiger charge is 1.84. The van der Waals surface area contributed by atoms with Crippen molar-refractivity contribution in [3.63, 3.8) is 0 Å². The number of rotatable bonds is 13. The molecule has 16 heteroatoms. The Kier molecular flexibility index (Phi) is 69.1. The van der Waals surface area contributed by atoms with Crippen molar-refractivity contribution in [3.8, 4) is 0 Å². The first-order valence-electron chi connectivity index (χ1n) is 12.7. The minimum atomic E-state index is -0.745. The standard InChI is InChI=1S/C6H18N4.6C3H6O2/c7-1-3-9-5-6-10-4-2-8;6*1-2-3(4)5/h9-10H,1-8H2;6*2H2,1H3,(H,4,5). The van der Waals surface area contributed by atoms with Gasteiger partial charge in [-0.3, -0.25) is 28.8 Å². The molecule has 0 saturated heterocycles. The molecule has 0 aliphatic heterocycles. The van der Waals surface area contributed by atoms with Gasteiger partial charge in [0.05, 0.1) is 0 Å². The van der Waals surface area contributed by atoms with Crippen LogP contribution in [0.15, 0.2) is 0 Å². The third kappa shape index (κ3) is 160. The first kappa shape index (κ1) is 53.0. The first-order valence-corrected chi connectivity index (χ1v) is 12.7. The Morgan fingerprint density at radius 2 is 0.525 bits per heavy atom. The third-order valence-electron chi connectivity index (χ3n) is 2.94. The lowest BCUT2D eigenvalue weighted by atomic mass is 10.5. The van der Waals surface area contributed by atoms with Gasteiger partial charge in [-0.2, -0.15) is 0 Å². The summed E-state index contributed by atoms with van der Waals surface area (Å²) in [4.78, 5) is 56.2. The molecule has 0 fully saturated rings. The fraction of sp³-hybridized carbons (Fsp3) is 0.750. The van der Waals surface area contributed by atoms with Crippen LogP contribution in [0, 0.1) is 0 Å². The van der Waals surface area contributed by atoms with Crippen molar-refractivity contribution in [1.82, 2.24) is 10.6 Å². The largest absolute Gasteiger partial charge is 0.481 e. The summed E-state index contributed by atoms with van der Waals surface area (Å²) in [7, 11) is 0. The molecule has 0 aliphatic carbocycles. The second-order valence-electron chi connectivity index (χ2n) is 6.56. The van der Waals surface area contributed by atoms with E-state index in [1.54, 1.807) is 41.5 Å². The molecule has 0 amide bonds. The highest BCUT2D eigenvalue weighted by molar-refractivity contribution is 5.67. The smallest absolute Gasteiger partial charge is 0.303 e. The van der Waals surface area contributed by atoms with Crippen molar-refractivity contribution in [2.75, 3.05) is 39.3 Å². The number of aliphatic carboxylic acids is 6. The van der Waals surface area contributed by atoms with Crippen LogP contribution in [0.4, 0.5) is 0 Å². The van der Waals surface area contributed by atoms with Crippen molar-refractivity contribution < 1.29 is 59.4 Å². The number of hydrogen-bond donors (Lipinski definition) is 10. The minimum Gasteiger partial charge on any atom is -0.481 e. The van der Waals surface area contributed by atoms with Crippen LogP contribution in [0.3, 0.4) is 0 Å². The Bertz CT molecular complexity index is 476. The van der Waals surface area contributed by atoms with Gasteiger partial charge in [-0.15, -0.1) is 0 Å². The van der Waals surface area contributed by atoms with Gasteiger partial charge in [0, 0.05) is 77.8 Å². The average molecular weight is 591 g/mol. The van der Waals surface area contributed by atoms with Crippen LogP contribution in [0.25, 0.3) is 0 Å². The molecule has 0 radical (unpaired) electrons. The van der Waals surface area contributed by atoms with E-state index in [1.165, 1.54) is 0 Å². The molecule has 0 atom stereocenters. The first-order chi connectivity index (χ1) is 18.5. The zero-order valence-corrected chi connectivity index (χ0v) is 24.8. The Morgan fingerprint density at radius 1 is 0.400 bits per heavy atom. The molecular weight excluding hydrogens is 536 g/mol. The van der Waals surface area contributed by atoms with Gasteiger partial charge >= 0.3 is 35.8 Å².